The maximum absolute atomic E-state index is 11.5. The molecule has 0 amide bonds. The molecule has 6 heteroatoms. The van der Waals surface area contributed by atoms with E-state index in [0.717, 1.165) is 84.7 Å². The van der Waals surface area contributed by atoms with Crippen molar-refractivity contribution in [1.29, 1.82) is 0 Å². The standard InChI is InChI=1S/C32H34N4O2/c1-8-21-18(5)27-15-30-22(9-2)17(4)26(34-30)14-28-19(6)23(10-11-31(37)38)32(36-28)20(7)25-12-16(3)24(33-25)13-29(21)35-27/h9,12-15,33-34H,2,8,10-11H2,1,3-7H3,(H,37,38). The molecule has 0 atom stereocenters. The van der Waals surface area contributed by atoms with Gasteiger partial charge < -0.3 is 15.1 Å². The minimum Gasteiger partial charge on any atom is -0.481 e. The fraction of sp³-hybridized carbons (Fsp3) is 0.281. The molecule has 0 aromatic carbocycles. The molecule has 0 radical (unpaired) electrons. The highest BCUT2D eigenvalue weighted by molar-refractivity contribution is 5.96. The second-order valence-corrected chi connectivity index (χ2v) is 10.2. The van der Waals surface area contributed by atoms with Crippen LogP contribution in [-0.4, -0.2) is 31.0 Å². The lowest BCUT2D eigenvalue weighted by molar-refractivity contribution is -0.136. The van der Waals surface area contributed by atoms with Crippen LogP contribution < -0.4 is 0 Å². The van der Waals surface area contributed by atoms with Crippen molar-refractivity contribution in [2.24, 2.45) is 0 Å². The number of hydrogen-bond acceptors (Lipinski definition) is 3. The van der Waals surface area contributed by atoms with E-state index in [1.807, 2.05) is 13.0 Å². The molecule has 5 rings (SSSR count). The summed E-state index contributed by atoms with van der Waals surface area (Å²) in [4.78, 5) is 28.8. The number of carboxylic acids is 1. The minimum absolute atomic E-state index is 0.0558. The summed E-state index contributed by atoms with van der Waals surface area (Å²) in [5.74, 6) is -0.815. The average molecular weight is 507 g/mol. The van der Waals surface area contributed by atoms with Crippen molar-refractivity contribution < 1.29 is 9.90 Å². The summed E-state index contributed by atoms with van der Waals surface area (Å²) in [5.41, 5.74) is 16.1. The van der Waals surface area contributed by atoms with Crippen molar-refractivity contribution in [2.75, 3.05) is 0 Å². The maximum atomic E-state index is 11.5. The number of aryl methyl sites for hydroxylation is 3. The van der Waals surface area contributed by atoms with E-state index in [4.69, 9.17) is 9.97 Å². The molecule has 0 unspecified atom stereocenters. The number of fused-ring (bicyclic) bond motifs is 8. The van der Waals surface area contributed by atoms with Gasteiger partial charge in [-0.3, -0.25) is 4.79 Å². The van der Waals surface area contributed by atoms with E-state index in [1.165, 1.54) is 11.1 Å². The van der Waals surface area contributed by atoms with E-state index in [-0.39, 0.29) is 6.42 Å². The summed E-state index contributed by atoms with van der Waals surface area (Å²) in [6.45, 7) is 16.6. The number of hydrogen-bond donors (Lipinski definition) is 3. The van der Waals surface area contributed by atoms with Crippen molar-refractivity contribution >= 4 is 56.4 Å². The average Bonchev–Trinajstić information content (AvgIpc) is 3.57. The summed E-state index contributed by atoms with van der Waals surface area (Å²) >= 11 is 0. The minimum atomic E-state index is -0.815. The van der Waals surface area contributed by atoms with E-state index in [2.05, 4.69) is 75.4 Å². The summed E-state index contributed by atoms with van der Waals surface area (Å²) in [5, 5.41) is 9.41. The molecule has 0 saturated heterocycles. The van der Waals surface area contributed by atoms with Crippen LogP contribution in [0.25, 0.3) is 50.4 Å². The Morgan fingerprint density at radius 2 is 1.45 bits per heavy atom. The number of H-pyrrole nitrogens is 2. The van der Waals surface area contributed by atoms with E-state index < -0.39 is 5.97 Å². The lowest BCUT2D eigenvalue weighted by Gasteiger charge is -2.05. The van der Waals surface area contributed by atoms with Gasteiger partial charge in [-0.25, -0.2) is 9.97 Å². The zero-order chi connectivity index (χ0) is 27.3. The molecule has 0 fully saturated rings. The lowest BCUT2D eigenvalue weighted by Crippen LogP contribution is -1.96. The van der Waals surface area contributed by atoms with Gasteiger partial charge in [0.25, 0.3) is 0 Å². The number of nitrogens with one attached hydrogen (secondary N) is 2. The number of rotatable bonds is 5. The molecule has 194 valence electrons. The molecule has 0 spiro atoms. The van der Waals surface area contributed by atoms with Gasteiger partial charge in [-0.2, -0.15) is 0 Å². The molecular formula is C32H34N4O2. The molecule has 0 saturated carbocycles. The Morgan fingerprint density at radius 3 is 2.13 bits per heavy atom. The van der Waals surface area contributed by atoms with Crippen LogP contribution in [0.1, 0.15) is 85.1 Å². The van der Waals surface area contributed by atoms with Crippen molar-refractivity contribution in [3.63, 3.8) is 0 Å². The van der Waals surface area contributed by atoms with Gasteiger partial charge in [0.05, 0.1) is 22.8 Å². The van der Waals surface area contributed by atoms with Crippen LogP contribution in [-0.2, 0) is 4.79 Å². The topological polar surface area (TPSA) is 94.7 Å². The highest BCUT2D eigenvalue weighted by atomic mass is 16.4. The number of allylic oxidation sites excluding steroid dienone is 4. The third-order valence-corrected chi connectivity index (χ3v) is 7.91. The zero-order valence-electron chi connectivity index (χ0n) is 23.0. The Labute approximate surface area is 222 Å². The molecule has 8 bridgehead atoms. The number of aliphatic carboxylic acids is 1. The van der Waals surface area contributed by atoms with Crippen molar-refractivity contribution in [3.05, 3.63) is 75.9 Å². The van der Waals surface area contributed by atoms with E-state index in [9.17, 15) is 9.90 Å². The van der Waals surface area contributed by atoms with Crippen LogP contribution in [0.4, 0.5) is 0 Å². The van der Waals surface area contributed by atoms with Gasteiger partial charge in [-0.1, -0.05) is 19.6 Å². The lowest BCUT2D eigenvalue weighted by atomic mass is 9.99. The molecule has 6 nitrogen and oxygen atoms in total. The molecule has 3 aromatic rings. The molecule has 3 aromatic heterocycles. The summed E-state index contributed by atoms with van der Waals surface area (Å²) in [6, 6.07) is 8.45. The Balaban J connectivity index is 1.95. The number of nitrogens with zero attached hydrogens (tertiary/aromatic N) is 2. The summed E-state index contributed by atoms with van der Waals surface area (Å²) < 4.78 is 0. The number of carboxylic acid groups (broad SMARTS) is 1. The quantitative estimate of drug-likeness (QED) is 0.326. The molecule has 38 heavy (non-hydrogen) atoms. The predicted molar refractivity (Wildman–Crippen MR) is 157 cm³/mol. The first kappa shape index (κ1) is 25.5. The highest BCUT2D eigenvalue weighted by Gasteiger charge is 2.21. The smallest absolute Gasteiger partial charge is 0.303 e. The largest absolute Gasteiger partial charge is 0.481 e. The van der Waals surface area contributed by atoms with Gasteiger partial charge in [-0.15, -0.1) is 0 Å². The number of carbonyl (C=O) groups is 1. The van der Waals surface area contributed by atoms with Gasteiger partial charge in [0, 0.05) is 34.1 Å². The first-order chi connectivity index (χ1) is 18.1. The van der Waals surface area contributed by atoms with Gasteiger partial charge in [-0.05, 0) is 111 Å². The first-order valence-corrected chi connectivity index (χ1v) is 13.1. The monoisotopic (exact) mass is 506 g/mol. The normalized spacial score (nSPS) is 13.4. The van der Waals surface area contributed by atoms with Crippen LogP contribution in [0, 0.1) is 20.8 Å². The molecule has 3 N–H and O–H groups in total. The Hall–Kier alpha value is -4.19. The van der Waals surface area contributed by atoms with Crippen LogP contribution in [0.5, 0.6) is 0 Å². The van der Waals surface area contributed by atoms with Crippen LogP contribution >= 0.6 is 0 Å². The SMILES string of the molecule is C=Cc1c(C)c2cc3nc(c(C)c4cc(C)c(cc5nc(cc1[nH]2)C(C)=C5CC)[nH]4)C(CCC(=O)O)=C3C. The number of aromatic nitrogens is 4. The Morgan fingerprint density at radius 1 is 0.842 bits per heavy atom. The second-order valence-electron chi connectivity index (χ2n) is 10.2. The predicted octanol–water partition coefficient (Wildman–Crippen LogP) is 8.02. The molecular weight excluding hydrogens is 472 g/mol. The number of aromatic amines is 2. The summed E-state index contributed by atoms with van der Waals surface area (Å²) in [7, 11) is 0. The van der Waals surface area contributed by atoms with Crippen LogP contribution in [0.15, 0.2) is 30.8 Å². The molecule has 2 aliphatic rings. The maximum Gasteiger partial charge on any atom is 0.303 e. The molecule has 5 heterocycles. The van der Waals surface area contributed by atoms with Crippen molar-refractivity contribution in [3.8, 4) is 0 Å². The molecule has 0 aliphatic carbocycles. The van der Waals surface area contributed by atoms with E-state index in [1.54, 1.807) is 0 Å². The third kappa shape index (κ3) is 4.20. The Kier molecular flexibility index (Phi) is 6.43. The van der Waals surface area contributed by atoms with Gasteiger partial charge in [0.2, 0.25) is 0 Å². The fourth-order valence-electron chi connectivity index (χ4n) is 5.56. The second kappa shape index (κ2) is 9.60. The first-order valence-electron chi connectivity index (χ1n) is 13.1. The third-order valence-electron chi connectivity index (χ3n) is 7.91. The van der Waals surface area contributed by atoms with Crippen LogP contribution in [0.3, 0.4) is 0 Å². The van der Waals surface area contributed by atoms with Crippen LogP contribution in [0.2, 0.25) is 0 Å². The fourth-order valence-corrected chi connectivity index (χ4v) is 5.56. The van der Waals surface area contributed by atoms with Gasteiger partial charge in [0.1, 0.15) is 0 Å². The zero-order valence-corrected chi connectivity index (χ0v) is 23.0. The molecule has 2 aliphatic heterocycles. The van der Waals surface area contributed by atoms with Gasteiger partial charge >= 0.3 is 5.97 Å². The van der Waals surface area contributed by atoms with Gasteiger partial charge in [0.15, 0.2) is 0 Å². The van der Waals surface area contributed by atoms with E-state index >= 15 is 0 Å². The summed E-state index contributed by atoms with van der Waals surface area (Å²) in [6.07, 6.45) is 3.25. The van der Waals surface area contributed by atoms with Crippen molar-refractivity contribution in [1.82, 2.24) is 19.9 Å². The highest BCUT2D eigenvalue weighted by Crippen LogP contribution is 2.37. The Bertz CT molecular complexity index is 1740. The van der Waals surface area contributed by atoms with Crippen molar-refractivity contribution in [2.45, 2.75) is 60.8 Å². The van der Waals surface area contributed by atoms with E-state index in [0.29, 0.717) is 6.42 Å².